The highest BCUT2D eigenvalue weighted by molar-refractivity contribution is 5.79. The standard InChI is InChI=1S/C13H19N3O2/c1-10-8-14-4-2-12(10)15-5-6-16-13(17)11-3-7-18-9-11/h2,4,8,11H,3,5-7,9H2,1H3,(H,14,15)(H,16,17)/t11-/m0/s1. The van der Waals surface area contributed by atoms with Gasteiger partial charge in [0.05, 0.1) is 12.5 Å². The van der Waals surface area contributed by atoms with E-state index in [9.17, 15) is 4.79 Å². The Balaban J connectivity index is 1.67. The largest absolute Gasteiger partial charge is 0.383 e. The van der Waals surface area contributed by atoms with E-state index in [0.717, 1.165) is 17.7 Å². The van der Waals surface area contributed by atoms with Gasteiger partial charge >= 0.3 is 0 Å². The number of anilines is 1. The zero-order valence-corrected chi connectivity index (χ0v) is 10.6. The lowest BCUT2D eigenvalue weighted by atomic mass is 10.1. The summed E-state index contributed by atoms with van der Waals surface area (Å²) >= 11 is 0. The average molecular weight is 249 g/mol. The molecule has 1 aliphatic rings. The van der Waals surface area contributed by atoms with Gasteiger partial charge in [0.1, 0.15) is 0 Å². The van der Waals surface area contributed by atoms with E-state index in [1.807, 2.05) is 19.2 Å². The molecule has 0 aliphatic carbocycles. The second kappa shape index (κ2) is 6.35. The summed E-state index contributed by atoms with van der Waals surface area (Å²) in [6.45, 7) is 4.60. The SMILES string of the molecule is Cc1cnccc1NCCNC(=O)[C@H]1CCOC1. The maximum atomic E-state index is 11.7. The van der Waals surface area contributed by atoms with E-state index < -0.39 is 0 Å². The van der Waals surface area contributed by atoms with Crippen molar-refractivity contribution in [2.24, 2.45) is 5.92 Å². The summed E-state index contributed by atoms with van der Waals surface area (Å²) in [5.41, 5.74) is 2.16. The molecule has 5 nitrogen and oxygen atoms in total. The number of aromatic nitrogens is 1. The first-order valence-electron chi connectivity index (χ1n) is 6.27. The summed E-state index contributed by atoms with van der Waals surface area (Å²) in [6.07, 6.45) is 4.41. The molecule has 0 radical (unpaired) electrons. The highest BCUT2D eigenvalue weighted by Crippen LogP contribution is 2.12. The molecule has 1 aromatic heterocycles. The number of hydrogen-bond acceptors (Lipinski definition) is 4. The third-order valence-corrected chi connectivity index (χ3v) is 3.06. The van der Waals surface area contributed by atoms with Gasteiger partial charge in [0.15, 0.2) is 0 Å². The van der Waals surface area contributed by atoms with Crippen LogP contribution in [0.4, 0.5) is 5.69 Å². The summed E-state index contributed by atoms with van der Waals surface area (Å²) in [5.74, 6) is 0.133. The predicted molar refractivity (Wildman–Crippen MR) is 69.4 cm³/mol. The van der Waals surface area contributed by atoms with Gasteiger partial charge < -0.3 is 15.4 Å². The molecule has 0 spiro atoms. The lowest BCUT2D eigenvalue weighted by Crippen LogP contribution is -2.34. The van der Waals surface area contributed by atoms with Gasteiger partial charge in [0.25, 0.3) is 0 Å². The summed E-state index contributed by atoms with van der Waals surface area (Å²) in [5, 5.41) is 6.19. The van der Waals surface area contributed by atoms with Crippen molar-refractivity contribution in [2.45, 2.75) is 13.3 Å². The van der Waals surface area contributed by atoms with Crippen LogP contribution in [0.5, 0.6) is 0 Å². The van der Waals surface area contributed by atoms with Crippen LogP contribution in [0.15, 0.2) is 18.5 Å². The number of carbonyl (C=O) groups is 1. The molecule has 1 amide bonds. The molecule has 0 aromatic carbocycles. The molecule has 1 aromatic rings. The Hall–Kier alpha value is -1.62. The van der Waals surface area contributed by atoms with Gasteiger partial charge in [-0.2, -0.15) is 0 Å². The van der Waals surface area contributed by atoms with Crippen LogP contribution in [-0.4, -0.2) is 37.2 Å². The van der Waals surface area contributed by atoms with E-state index in [4.69, 9.17) is 4.74 Å². The molecule has 1 aliphatic heterocycles. The average Bonchev–Trinajstić information content (AvgIpc) is 2.90. The maximum Gasteiger partial charge on any atom is 0.225 e. The summed E-state index contributed by atoms with van der Waals surface area (Å²) in [4.78, 5) is 15.7. The van der Waals surface area contributed by atoms with Crippen LogP contribution >= 0.6 is 0 Å². The summed E-state index contributed by atoms with van der Waals surface area (Å²) in [6, 6.07) is 1.93. The molecule has 1 saturated heterocycles. The van der Waals surface area contributed by atoms with E-state index in [2.05, 4.69) is 15.6 Å². The van der Waals surface area contributed by atoms with Crippen molar-refractivity contribution < 1.29 is 9.53 Å². The molecule has 2 heterocycles. The molecule has 18 heavy (non-hydrogen) atoms. The van der Waals surface area contributed by atoms with Gasteiger partial charge in [-0.05, 0) is 25.0 Å². The molecule has 2 rings (SSSR count). The minimum Gasteiger partial charge on any atom is -0.383 e. The molecule has 1 atom stereocenters. The smallest absolute Gasteiger partial charge is 0.225 e. The van der Waals surface area contributed by atoms with Crippen LogP contribution in [0, 0.1) is 12.8 Å². The molecule has 2 N–H and O–H groups in total. The van der Waals surface area contributed by atoms with E-state index in [-0.39, 0.29) is 11.8 Å². The number of rotatable bonds is 5. The number of hydrogen-bond donors (Lipinski definition) is 2. The topological polar surface area (TPSA) is 63.2 Å². The molecule has 5 heteroatoms. The first-order chi connectivity index (χ1) is 8.77. The van der Waals surface area contributed by atoms with E-state index in [1.54, 1.807) is 6.20 Å². The highest BCUT2D eigenvalue weighted by Gasteiger charge is 2.22. The Morgan fingerprint density at radius 3 is 3.17 bits per heavy atom. The Morgan fingerprint density at radius 1 is 1.56 bits per heavy atom. The van der Waals surface area contributed by atoms with Gasteiger partial charge in [-0.1, -0.05) is 0 Å². The fourth-order valence-corrected chi connectivity index (χ4v) is 1.94. The Morgan fingerprint density at radius 2 is 2.44 bits per heavy atom. The van der Waals surface area contributed by atoms with E-state index >= 15 is 0 Å². The van der Waals surface area contributed by atoms with Crippen LogP contribution in [0.1, 0.15) is 12.0 Å². The van der Waals surface area contributed by atoms with E-state index in [1.165, 1.54) is 0 Å². The number of nitrogens with zero attached hydrogens (tertiary/aromatic N) is 1. The fourth-order valence-electron chi connectivity index (χ4n) is 1.94. The molecule has 98 valence electrons. The minimum absolute atomic E-state index is 0.0349. The van der Waals surface area contributed by atoms with Crippen LogP contribution < -0.4 is 10.6 Å². The molecular formula is C13H19N3O2. The maximum absolute atomic E-state index is 11.7. The quantitative estimate of drug-likeness (QED) is 0.763. The van der Waals surface area contributed by atoms with Gasteiger partial charge in [-0.3, -0.25) is 9.78 Å². The van der Waals surface area contributed by atoms with Crippen molar-refractivity contribution in [1.82, 2.24) is 10.3 Å². The monoisotopic (exact) mass is 249 g/mol. The molecule has 0 unspecified atom stereocenters. The van der Waals surface area contributed by atoms with Crippen molar-refractivity contribution in [2.75, 3.05) is 31.6 Å². The molecule has 1 fully saturated rings. The molecular weight excluding hydrogens is 230 g/mol. The van der Waals surface area contributed by atoms with Crippen LogP contribution in [-0.2, 0) is 9.53 Å². The number of aryl methyl sites for hydroxylation is 1. The third kappa shape index (κ3) is 3.43. The molecule has 0 saturated carbocycles. The first kappa shape index (κ1) is 12.8. The lowest BCUT2D eigenvalue weighted by molar-refractivity contribution is -0.124. The predicted octanol–water partition coefficient (Wildman–Crippen LogP) is 0.955. The van der Waals surface area contributed by atoms with Crippen molar-refractivity contribution in [1.29, 1.82) is 0 Å². The first-order valence-corrected chi connectivity index (χ1v) is 6.27. The Labute approximate surface area is 107 Å². The van der Waals surface area contributed by atoms with Crippen molar-refractivity contribution in [3.63, 3.8) is 0 Å². The summed E-state index contributed by atoms with van der Waals surface area (Å²) < 4.78 is 5.19. The minimum atomic E-state index is 0.0349. The zero-order valence-electron chi connectivity index (χ0n) is 10.6. The number of ether oxygens (including phenoxy) is 1. The van der Waals surface area contributed by atoms with Gasteiger partial charge in [-0.15, -0.1) is 0 Å². The van der Waals surface area contributed by atoms with Gasteiger partial charge in [0.2, 0.25) is 5.91 Å². The summed E-state index contributed by atoms with van der Waals surface area (Å²) in [7, 11) is 0. The van der Waals surface area contributed by atoms with Crippen LogP contribution in [0.25, 0.3) is 0 Å². The number of carbonyl (C=O) groups excluding carboxylic acids is 1. The zero-order chi connectivity index (χ0) is 12.8. The second-order valence-corrected chi connectivity index (χ2v) is 4.47. The van der Waals surface area contributed by atoms with Gasteiger partial charge in [-0.25, -0.2) is 0 Å². The van der Waals surface area contributed by atoms with Crippen molar-refractivity contribution in [3.8, 4) is 0 Å². The second-order valence-electron chi connectivity index (χ2n) is 4.47. The van der Waals surface area contributed by atoms with Crippen LogP contribution in [0.3, 0.4) is 0 Å². The lowest BCUT2D eigenvalue weighted by Gasteiger charge is -2.11. The molecule has 0 bridgehead atoms. The third-order valence-electron chi connectivity index (χ3n) is 3.06. The van der Waals surface area contributed by atoms with Crippen molar-refractivity contribution >= 4 is 11.6 Å². The Bertz CT molecular complexity index is 403. The highest BCUT2D eigenvalue weighted by atomic mass is 16.5. The number of pyridine rings is 1. The van der Waals surface area contributed by atoms with E-state index in [0.29, 0.717) is 26.3 Å². The van der Waals surface area contributed by atoms with Gasteiger partial charge in [0, 0.05) is 37.8 Å². The van der Waals surface area contributed by atoms with Crippen molar-refractivity contribution in [3.05, 3.63) is 24.0 Å². The normalized spacial score (nSPS) is 18.6. The van der Waals surface area contributed by atoms with Crippen LogP contribution in [0.2, 0.25) is 0 Å². The fraction of sp³-hybridized carbons (Fsp3) is 0.538. The number of nitrogens with one attached hydrogen (secondary N) is 2. The Kier molecular flexibility index (Phi) is 4.52. The number of amides is 1.